The largest absolute Gasteiger partial charge is 0.350 e. The van der Waals surface area contributed by atoms with E-state index < -0.39 is 11.8 Å². The van der Waals surface area contributed by atoms with Crippen LogP contribution in [0.15, 0.2) is 71.4 Å². The van der Waals surface area contributed by atoms with E-state index in [0.717, 1.165) is 27.3 Å². The SMILES string of the molecule is Cc1ccc(NC(=O)c2ccc(NC3=C(Cl)C(=O)N(c4ccc(C)c(Cl)c4)C3=O)cc2)c(C)c1. The molecule has 6 nitrogen and oxygen atoms in total. The fraction of sp³-hybridized carbons (Fsp3) is 0.115. The van der Waals surface area contributed by atoms with E-state index in [4.69, 9.17) is 23.2 Å². The number of anilines is 3. The third-order valence-electron chi connectivity index (χ3n) is 5.49. The van der Waals surface area contributed by atoms with Gasteiger partial charge in [0.25, 0.3) is 17.7 Å². The number of carbonyl (C=O) groups is 3. The Morgan fingerprint density at radius 3 is 2.18 bits per heavy atom. The summed E-state index contributed by atoms with van der Waals surface area (Å²) in [5.74, 6) is -1.49. The number of amides is 3. The van der Waals surface area contributed by atoms with E-state index in [1.165, 1.54) is 0 Å². The van der Waals surface area contributed by atoms with Gasteiger partial charge in [-0.05, 0) is 74.4 Å². The maximum absolute atomic E-state index is 13.0. The molecule has 0 atom stereocenters. The third-order valence-corrected chi connectivity index (χ3v) is 6.25. The zero-order valence-electron chi connectivity index (χ0n) is 18.7. The highest BCUT2D eigenvalue weighted by Crippen LogP contribution is 2.32. The Kier molecular flexibility index (Phi) is 6.46. The molecule has 0 bridgehead atoms. The number of carbonyl (C=O) groups excluding carboxylic acids is 3. The van der Waals surface area contributed by atoms with Gasteiger partial charge < -0.3 is 10.6 Å². The van der Waals surface area contributed by atoms with Crippen molar-refractivity contribution in [2.75, 3.05) is 15.5 Å². The Morgan fingerprint density at radius 1 is 0.824 bits per heavy atom. The predicted molar refractivity (Wildman–Crippen MR) is 135 cm³/mol. The number of hydrogen-bond donors (Lipinski definition) is 2. The highest BCUT2D eigenvalue weighted by molar-refractivity contribution is 6.53. The molecule has 1 aliphatic rings. The molecule has 3 amide bonds. The second-order valence-electron chi connectivity index (χ2n) is 8.04. The standard InChI is InChI=1S/C26H21Cl2N3O3/c1-14-4-11-21(16(3)12-14)30-24(32)17-6-8-18(9-7-17)29-23-22(28)25(33)31(26(23)34)19-10-5-15(2)20(27)13-19/h4-13,29H,1-3H3,(H,30,32). The van der Waals surface area contributed by atoms with Crippen LogP contribution in [0.2, 0.25) is 5.02 Å². The molecule has 1 heterocycles. The average Bonchev–Trinajstić information content (AvgIpc) is 3.01. The van der Waals surface area contributed by atoms with Crippen LogP contribution in [0.25, 0.3) is 0 Å². The minimum atomic E-state index is -0.640. The minimum Gasteiger partial charge on any atom is -0.350 e. The van der Waals surface area contributed by atoms with E-state index in [1.807, 2.05) is 39.0 Å². The normalized spacial score (nSPS) is 13.5. The lowest BCUT2D eigenvalue weighted by atomic mass is 10.1. The van der Waals surface area contributed by atoms with Crippen LogP contribution in [-0.4, -0.2) is 17.7 Å². The number of rotatable bonds is 5. The number of aryl methyl sites for hydroxylation is 3. The Morgan fingerprint density at radius 2 is 1.53 bits per heavy atom. The Bertz CT molecular complexity index is 1360. The van der Waals surface area contributed by atoms with Gasteiger partial charge in [-0.2, -0.15) is 0 Å². The van der Waals surface area contributed by atoms with Crippen LogP contribution in [0.4, 0.5) is 17.1 Å². The molecule has 0 saturated heterocycles. The van der Waals surface area contributed by atoms with Crippen molar-refractivity contribution in [3.8, 4) is 0 Å². The first kappa shape index (κ1) is 23.5. The topological polar surface area (TPSA) is 78.5 Å². The minimum absolute atomic E-state index is 0.0455. The molecule has 0 unspecified atom stereocenters. The number of hydrogen-bond acceptors (Lipinski definition) is 4. The van der Waals surface area contributed by atoms with Gasteiger partial charge in [-0.3, -0.25) is 14.4 Å². The van der Waals surface area contributed by atoms with Crippen molar-refractivity contribution in [3.05, 3.63) is 98.7 Å². The summed E-state index contributed by atoms with van der Waals surface area (Å²) in [6, 6.07) is 17.2. The molecule has 172 valence electrons. The molecule has 34 heavy (non-hydrogen) atoms. The Labute approximate surface area is 207 Å². The molecule has 3 aromatic rings. The summed E-state index contributed by atoms with van der Waals surface area (Å²) in [7, 11) is 0. The molecule has 0 radical (unpaired) electrons. The van der Waals surface area contributed by atoms with Crippen LogP contribution in [-0.2, 0) is 9.59 Å². The average molecular weight is 494 g/mol. The molecule has 4 rings (SSSR count). The zero-order chi connectivity index (χ0) is 24.6. The molecular weight excluding hydrogens is 473 g/mol. The lowest BCUT2D eigenvalue weighted by Gasteiger charge is -2.16. The Balaban J connectivity index is 1.49. The fourth-order valence-corrected chi connectivity index (χ4v) is 3.95. The number of halogens is 2. The maximum atomic E-state index is 13.0. The van der Waals surface area contributed by atoms with E-state index in [-0.39, 0.29) is 16.6 Å². The number of nitrogens with one attached hydrogen (secondary N) is 2. The first-order valence-electron chi connectivity index (χ1n) is 10.5. The van der Waals surface area contributed by atoms with Gasteiger partial charge in [0.1, 0.15) is 10.7 Å². The smallest absolute Gasteiger partial charge is 0.283 e. The van der Waals surface area contributed by atoms with Crippen LogP contribution >= 0.6 is 23.2 Å². The summed E-state index contributed by atoms with van der Waals surface area (Å²) in [5, 5.41) is 6.00. The highest BCUT2D eigenvalue weighted by Gasteiger charge is 2.39. The van der Waals surface area contributed by atoms with Crippen molar-refractivity contribution in [2.24, 2.45) is 0 Å². The molecule has 8 heteroatoms. The first-order chi connectivity index (χ1) is 16.2. The molecular formula is C26H21Cl2N3O3. The molecule has 3 aromatic carbocycles. The molecule has 0 spiro atoms. The van der Waals surface area contributed by atoms with Crippen LogP contribution < -0.4 is 15.5 Å². The molecule has 1 aliphatic heterocycles. The van der Waals surface area contributed by atoms with Crippen molar-refractivity contribution in [3.63, 3.8) is 0 Å². The van der Waals surface area contributed by atoms with Crippen LogP contribution in [0, 0.1) is 20.8 Å². The highest BCUT2D eigenvalue weighted by atomic mass is 35.5. The number of nitrogens with zero attached hydrogens (tertiary/aromatic N) is 1. The molecule has 0 fully saturated rings. The summed E-state index contributed by atoms with van der Waals surface area (Å²) in [5.41, 5.74) is 4.87. The van der Waals surface area contributed by atoms with E-state index in [2.05, 4.69) is 10.6 Å². The second kappa shape index (κ2) is 9.33. The Hall–Kier alpha value is -3.61. The van der Waals surface area contributed by atoms with Gasteiger partial charge in [0.2, 0.25) is 0 Å². The fourth-order valence-electron chi connectivity index (χ4n) is 3.56. The van der Waals surface area contributed by atoms with E-state index in [0.29, 0.717) is 22.0 Å². The molecule has 0 aliphatic carbocycles. The predicted octanol–water partition coefficient (Wildman–Crippen LogP) is 5.95. The van der Waals surface area contributed by atoms with Crippen molar-refractivity contribution in [1.29, 1.82) is 0 Å². The van der Waals surface area contributed by atoms with Crippen molar-refractivity contribution >= 4 is 58.0 Å². The van der Waals surface area contributed by atoms with Crippen LogP contribution in [0.5, 0.6) is 0 Å². The van der Waals surface area contributed by atoms with Gasteiger partial charge in [0, 0.05) is 22.0 Å². The van der Waals surface area contributed by atoms with Gasteiger partial charge >= 0.3 is 0 Å². The van der Waals surface area contributed by atoms with Crippen molar-refractivity contribution < 1.29 is 14.4 Å². The second-order valence-corrected chi connectivity index (χ2v) is 8.83. The quantitative estimate of drug-likeness (QED) is 0.430. The van der Waals surface area contributed by atoms with Crippen LogP contribution in [0.3, 0.4) is 0 Å². The number of imide groups is 1. The van der Waals surface area contributed by atoms with Gasteiger partial charge in [-0.15, -0.1) is 0 Å². The van der Waals surface area contributed by atoms with Gasteiger partial charge in [0.05, 0.1) is 5.69 Å². The summed E-state index contributed by atoms with van der Waals surface area (Å²) < 4.78 is 0. The first-order valence-corrected chi connectivity index (χ1v) is 11.2. The van der Waals surface area contributed by atoms with Crippen molar-refractivity contribution in [1.82, 2.24) is 0 Å². The summed E-state index contributed by atoms with van der Waals surface area (Å²) in [4.78, 5) is 39.2. The van der Waals surface area contributed by atoms with Gasteiger partial charge in [-0.25, -0.2) is 4.90 Å². The van der Waals surface area contributed by atoms with Gasteiger partial charge in [0.15, 0.2) is 0 Å². The molecule has 0 aromatic heterocycles. The summed E-state index contributed by atoms with van der Waals surface area (Å²) in [6.07, 6.45) is 0. The van der Waals surface area contributed by atoms with E-state index >= 15 is 0 Å². The maximum Gasteiger partial charge on any atom is 0.283 e. The third kappa shape index (κ3) is 4.55. The molecule has 0 saturated carbocycles. The summed E-state index contributed by atoms with van der Waals surface area (Å²) >= 11 is 12.3. The molecule has 2 N–H and O–H groups in total. The van der Waals surface area contributed by atoms with E-state index in [1.54, 1.807) is 42.5 Å². The summed E-state index contributed by atoms with van der Waals surface area (Å²) in [6.45, 7) is 5.74. The number of benzene rings is 3. The lowest BCUT2D eigenvalue weighted by molar-refractivity contribution is -0.120. The zero-order valence-corrected chi connectivity index (χ0v) is 20.2. The van der Waals surface area contributed by atoms with Crippen LogP contribution in [0.1, 0.15) is 27.0 Å². The lowest BCUT2D eigenvalue weighted by Crippen LogP contribution is -2.32. The van der Waals surface area contributed by atoms with E-state index in [9.17, 15) is 14.4 Å². The van der Waals surface area contributed by atoms with Gasteiger partial charge in [-0.1, -0.05) is 47.0 Å². The monoisotopic (exact) mass is 493 g/mol. The van der Waals surface area contributed by atoms with Crippen molar-refractivity contribution in [2.45, 2.75) is 20.8 Å².